The third-order valence-electron chi connectivity index (χ3n) is 5.29. The molecule has 3 rings (SSSR count). The van der Waals surface area contributed by atoms with Crippen molar-refractivity contribution in [1.29, 1.82) is 0 Å². The van der Waals surface area contributed by atoms with Gasteiger partial charge in [-0.25, -0.2) is 13.1 Å². The van der Waals surface area contributed by atoms with E-state index in [9.17, 15) is 16.8 Å². The molecule has 0 aliphatic rings. The van der Waals surface area contributed by atoms with E-state index < -0.39 is 20.1 Å². The summed E-state index contributed by atoms with van der Waals surface area (Å²) in [6.45, 7) is 2.20. The fourth-order valence-corrected chi connectivity index (χ4v) is 5.76. The topological polar surface area (TPSA) is 92.8 Å². The van der Waals surface area contributed by atoms with Crippen LogP contribution < -0.4 is 9.62 Å². The molecule has 0 aliphatic heterocycles. The van der Waals surface area contributed by atoms with Crippen molar-refractivity contribution in [3.63, 3.8) is 0 Å². The Balaban J connectivity index is 1.51. The van der Waals surface area contributed by atoms with Crippen molar-refractivity contribution in [3.8, 4) is 0 Å². The highest BCUT2D eigenvalue weighted by Crippen LogP contribution is 2.30. The zero-order valence-electron chi connectivity index (χ0n) is 19.1. The molecule has 0 spiro atoms. The summed E-state index contributed by atoms with van der Waals surface area (Å²) < 4.78 is 57.9. The van der Waals surface area contributed by atoms with Gasteiger partial charge in [0.15, 0.2) is 0 Å². The van der Waals surface area contributed by atoms with Gasteiger partial charge in [-0.05, 0) is 50.5 Å². The van der Waals surface area contributed by atoms with Crippen molar-refractivity contribution in [2.24, 2.45) is 0 Å². The van der Waals surface area contributed by atoms with E-state index in [1.807, 2.05) is 50.2 Å². The van der Waals surface area contributed by atoms with Crippen molar-refractivity contribution < 1.29 is 21.0 Å². The Kier molecular flexibility index (Phi) is 8.12. The fourth-order valence-electron chi connectivity index (χ4n) is 3.52. The van der Waals surface area contributed by atoms with Crippen LogP contribution in [0.5, 0.6) is 0 Å². The van der Waals surface area contributed by atoms with E-state index in [2.05, 4.69) is 4.72 Å². The van der Waals surface area contributed by atoms with E-state index in [0.717, 1.165) is 16.6 Å². The molecule has 33 heavy (non-hydrogen) atoms. The van der Waals surface area contributed by atoms with Crippen LogP contribution in [0, 0.1) is 6.92 Å². The number of sulfonamides is 1. The van der Waals surface area contributed by atoms with Crippen LogP contribution in [0.1, 0.15) is 24.8 Å². The minimum absolute atomic E-state index is 0.0552. The SMILES string of the molecule is Cc1ccc(S(=O)(=O)OCCCCCNS(=O)(=O)c2cccc3c(N(C)C)cccc23)cc1. The van der Waals surface area contributed by atoms with E-state index in [1.54, 1.807) is 24.3 Å². The van der Waals surface area contributed by atoms with Crippen molar-refractivity contribution >= 4 is 36.6 Å². The Hall–Kier alpha value is -2.46. The molecule has 3 aromatic rings. The summed E-state index contributed by atoms with van der Waals surface area (Å²) in [7, 11) is -3.61. The monoisotopic (exact) mass is 490 g/mol. The summed E-state index contributed by atoms with van der Waals surface area (Å²) in [5.74, 6) is 0. The Morgan fingerprint density at radius 3 is 2.18 bits per heavy atom. The predicted molar refractivity (Wildman–Crippen MR) is 132 cm³/mol. The predicted octanol–water partition coefficient (Wildman–Crippen LogP) is 4.07. The van der Waals surface area contributed by atoms with Crippen LogP contribution in [0.2, 0.25) is 0 Å². The van der Waals surface area contributed by atoms with Gasteiger partial charge in [-0.2, -0.15) is 8.42 Å². The number of hydrogen-bond donors (Lipinski definition) is 1. The first-order chi connectivity index (χ1) is 15.6. The molecule has 0 heterocycles. The number of aryl methyl sites for hydroxylation is 1. The summed E-state index contributed by atoms with van der Waals surface area (Å²) >= 11 is 0. The number of fused-ring (bicyclic) bond motifs is 1. The molecule has 7 nitrogen and oxygen atoms in total. The van der Waals surface area contributed by atoms with Crippen LogP contribution in [0.15, 0.2) is 70.5 Å². The summed E-state index contributed by atoms with van der Waals surface area (Å²) in [5, 5.41) is 1.54. The molecule has 0 saturated heterocycles. The first kappa shape index (κ1) is 25.2. The van der Waals surface area contributed by atoms with Crippen molar-refractivity contribution in [1.82, 2.24) is 4.72 Å². The van der Waals surface area contributed by atoms with Gasteiger partial charge in [0.05, 0.1) is 16.4 Å². The molecule has 9 heteroatoms. The number of nitrogens with zero attached hydrogens (tertiary/aromatic N) is 1. The van der Waals surface area contributed by atoms with Crippen LogP contribution in [0.4, 0.5) is 5.69 Å². The lowest BCUT2D eigenvalue weighted by atomic mass is 10.1. The van der Waals surface area contributed by atoms with Gasteiger partial charge in [-0.1, -0.05) is 42.0 Å². The summed E-state index contributed by atoms with van der Waals surface area (Å²) in [5.41, 5.74) is 1.92. The Bertz CT molecular complexity index is 1300. The summed E-state index contributed by atoms with van der Waals surface area (Å²) in [6.07, 6.45) is 1.71. The van der Waals surface area contributed by atoms with Crippen LogP contribution in [-0.4, -0.2) is 44.1 Å². The third-order valence-corrected chi connectivity index (χ3v) is 8.14. The largest absolute Gasteiger partial charge is 0.377 e. The lowest BCUT2D eigenvalue weighted by Gasteiger charge is -2.17. The van der Waals surface area contributed by atoms with Gasteiger partial charge in [-0.15, -0.1) is 0 Å². The standard InChI is InChI=1S/C24H30N2O5S2/c1-19-13-15-20(16-14-19)33(29,30)31-18-6-4-5-17-25-32(27,28)24-12-8-9-21-22(24)10-7-11-23(21)26(2)3/h7-16,25H,4-6,17-18H2,1-3H3. The zero-order chi connectivity index (χ0) is 24.1. The van der Waals surface area contributed by atoms with Gasteiger partial charge in [0.2, 0.25) is 10.0 Å². The molecular formula is C24H30N2O5S2. The molecule has 0 fully saturated rings. The molecule has 1 N–H and O–H groups in total. The van der Waals surface area contributed by atoms with Crippen molar-refractivity contribution in [3.05, 3.63) is 66.2 Å². The first-order valence-corrected chi connectivity index (χ1v) is 13.7. The van der Waals surface area contributed by atoms with Crippen LogP contribution in [0.25, 0.3) is 10.8 Å². The van der Waals surface area contributed by atoms with Gasteiger partial charge < -0.3 is 4.90 Å². The highest BCUT2D eigenvalue weighted by Gasteiger charge is 2.18. The average molecular weight is 491 g/mol. The zero-order valence-corrected chi connectivity index (χ0v) is 20.7. The maximum atomic E-state index is 12.9. The molecular weight excluding hydrogens is 460 g/mol. The van der Waals surface area contributed by atoms with Gasteiger partial charge >= 0.3 is 0 Å². The Morgan fingerprint density at radius 1 is 0.818 bits per heavy atom. The number of hydrogen-bond acceptors (Lipinski definition) is 6. The van der Waals surface area contributed by atoms with Gasteiger partial charge in [0.1, 0.15) is 0 Å². The minimum atomic E-state index is -3.77. The number of unbranched alkanes of at least 4 members (excludes halogenated alkanes) is 2. The van der Waals surface area contributed by atoms with Crippen LogP contribution in [0.3, 0.4) is 0 Å². The number of benzene rings is 3. The van der Waals surface area contributed by atoms with Gasteiger partial charge in [0, 0.05) is 37.1 Å². The highest BCUT2D eigenvalue weighted by molar-refractivity contribution is 7.89. The third kappa shape index (κ3) is 6.32. The lowest BCUT2D eigenvalue weighted by molar-refractivity contribution is 0.307. The van der Waals surface area contributed by atoms with Crippen LogP contribution >= 0.6 is 0 Å². The lowest BCUT2D eigenvalue weighted by Crippen LogP contribution is -2.25. The molecule has 178 valence electrons. The molecule has 0 saturated carbocycles. The van der Waals surface area contributed by atoms with Gasteiger partial charge in [-0.3, -0.25) is 4.18 Å². The summed E-state index contributed by atoms with van der Waals surface area (Å²) in [6, 6.07) is 17.4. The minimum Gasteiger partial charge on any atom is -0.377 e. The van der Waals surface area contributed by atoms with Crippen molar-refractivity contribution in [2.45, 2.75) is 36.0 Å². The maximum Gasteiger partial charge on any atom is 0.296 e. The normalized spacial score (nSPS) is 12.2. The second-order valence-corrected chi connectivity index (χ2v) is 11.4. The number of rotatable bonds is 11. The molecule has 0 aromatic heterocycles. The smallest absolute Gasteiger partial charge is 0.296 e. The van der Waals surface area contributed by atoms with Gasteiger partial charge in [0.25, 0.3) is 10.1 Å². The molecule has 0 atom stereocenters. The molecule has 0 aliphatic carbocycles. The van der Waals surface area contributed by atoms with E-state index in [-0.39, 0.29) is 22.9 Å². The average Bonchev–Trinajstić information content (AvgIpc) is 2.77. The first-order valence-electron chi connectivity index (χ1n) is 10.8. The molecule has 0 bridgehead atoms. The van der Waals surface area contributed by atoms with E-state index >= 15 is 0 Å². The number of nitrogens with one attached hydrogen (secondary N) is 1. The molecule has 3 aromatic carbocycles. The summed E-state index contributed by atoms with van der Waals surface area (Å²) in [4.78, 5) is 2.33. The van der Waals surface area contributed by atoms with Crippen molar-refractivity contribution in [2.75, 3.05) is 32.1 Å². The second-order valence-electron chi connectivity index (χ2n) is 8.07. The second kappa shape index (κ2) is 10.6. The molecule has 0 amide bonds. The molecule has 0 unspecified atom stereocenters. The Labute approximate surface area is 196 Å². The molecule has 0 radical (unpaired) electrons. The van der Waals surface area contributed by atoms with E-state index in [1.165, 1.54) is 12.1 Å². The Morgan fingerprint density at radius 2 is 1.48 bits per heavy atom. The number of anilines is 1. The van der Waals surface area contributed by atoms with E-state index in [0.29, 0.717) is 24.6 Å². The maximum absolute atomic E-state index is 12.9. The van der Waals surface area contributed by atoms with E-state index in [4.69, 9.17) is 4.18 Å². The fraction of sp³-hybridized carbons (Fsp3) is 0.333. The quantitative estimate of drug-likeness (QED) is 0.322. The van der Waals surface area contributed by atoms with Crippen LogP contribution in [-0.2, 0) is 24.3 Å². The highest BCUT2D eigenvalue weighted by atomic mass is 32.2.